The number of hydrogen-bond donors (Lipinski definition) is 0. The van der Waals surface area contributed by atoms with Crippen molar-refractivity contribution in [1.82, 2.24) is 0 Å². The molecular formula is C39H68O2. The van der Waals surface area contributed by atoms with E-state index in [1.165, 1.54) is 109 Å². The van der Waals surface area contributed by atoms with E-state index in [9.17, 15) is 4.79 Å². The van der Waals surface area contributed by atoms with Crippen LogP contribution in [0.3, 0.4) is 0 Å². The van der Waals surface area contributed by atoms with Crippen molar-refractivity contribution in [3.05, 3.63) is 11.6 Å². The summed E-state index contributed by atoms with van der Waals surface area (Å²) in [5.41, 5.74) is 2.54. The quantitative estimate of drug-likeness (QED) is 0.105. The third kappa shape index (κ3) is 8.03. The van der Waals surface area contributed by atoms with Gasteiger partial charge in [0, 0.05) is 12.8 Å². The highest BCUT2D eigenvalue weighted by molar-refractivity contribution is 5.69. The highest BCUT2D eigenvalue weighted by Crippen LogP contribution is 2.67. The van der Waals surface area contributed by atoms with E-state index in [1.807, 2.05) is 0 Å². The molecule has 236 valence electrons. The predicted molar refractivity (Wildman–Crippen MR) is 175 cm³/mol. The van der Waals surface area contributed by atoms with Gasteiger partial charge in [-0.05, 0) is 97.7 Å². The van der Waals surface area contributed by atoms with Crippen LogP contribution in [0.25, 0.3) is 0 Å². The molecule has 2 nitrogen and oxygen atoms in total. The number of hydrogen-bond acceptors (Lipinski definition) is 2. The van der Waals surface area contributed by atoms with Crippen LogP contribution in [-0.2, 0) is 9.53 Å². The van der Waals surface area contributed by atoms with Gasteiger partial charge in [0.05, 0.1) is 0 Å². The average molecular weight is 569 g/mol. The smallest absolute Gasteiger partial charge is 0.306 e. The van der Waals surface area contributed by atoms with Crippen molar-refractivity contribution in [3.8, 4) is 0 Å². The number of rotatable bonds is 16. The molecule has 3 fully saturated rings. The number of unbranched alkanes of at least 4 members (excludes halogenated alkanes) is 8. The molecule has 0 aromatic rings. The summed E-state index contributed by atoms with van der Waals surface area (Å²) >= 11 is 0. The van der Waals surface area contributed by atoms with Crippen LogP contribution >= 0.6 is 0 Å². The average Bonchev–Trinajstić information content (AvgIpc) is 3.29. The molecule has 0 aromatic carbocycles. The fourth-order valence-corrected chi connectivity index (χ4v) is 10.6. The van der Waals surface area contributed by atoms with E-state index < -0.39 is 0 Å². The van der Waals surface area contributed by atoms with Crippen molar-refractivity contribution in [1.29, 1.82) is 0 Å². The molecule has 0 radical (unpaired) electrons. The molecule has 4 aliphatic rings. The first-order chi connectivity index (χ1) is 19.7. The van der Waals surface area contributed by atoms with Crippen LogP contribution in [0.2, 0.25) is 0 Å². The summed E-state index contributed by atoms with van der Waals surface area (Å²) in [7, 11) is 0. The third-order valence-corrected chi connectivity index (χ3v) is 13.0. The van der Waals surface area contributed by atoms with Crippen LogP contribution in [0.5, 0.6) is 0 Å². The topological polar surface area (TPSA) is 26.3 Å². The van der Waals surface area contributed by atoms with E-state index in [4.69, 9.17) is 4.74 Å². The Kier molecular flexibility index (Phi) is 12.3. The second kappa shape index (κ2) is 15.3. The Hall–Kier alpha value is -0.790. The zero-order valence-electron chi connectivity index (χ0n) is 28.3. The predicted octanol–water partition coefficient (Wildman–Crippen LogP) is 11.9. The molecule has 8 atom stereocenters. The first kappa shape index (κ1) is 33.1. The highest BCUT2D eigenvalue weighted by Gasteiger charge is 2.59. The Bertz CT molecular complexity index is 843. The molecule has 2 heteroatoms. The van der Waals surface area contributed by atoms with Crippen molar-refractivity contribution in [2.45, 2.75) is 182 Å². The van der Waals surface area contributed by atoms with Gasteiger partial charge in [0.1, 0.15) is 6.10 Å². The number of fused-ring (bicyclic) bond motifs is 5. The molecule has 0 bridgehead atoms. The summed E-state index contributed by atoms with van der Waals surface area (Å²) in [5.74, 6) is 5.34. The summed E-state index contributed by atoms with van der Waals surface area (Å²) < 4.78 is 6.09. The number of carbonyl (C=O) groups excluding carboxylic acids is 1. The van der Waals surface area contributed by atoms with Crippen molar-refractivity contribution < 1.29 is 9.53 Å². The Morgan fingerprint density at radius 1 is 0.854 bits per heavy atom. The summed E-state index contributed by atoms with van der Waals surface area (Å²) in [5, 5.41) is 0. The Morgan fingerprint density at radius 3 is 2.27 bits per heavy atom. The molecule has 0 aliphatic heterocycles. The molecule has 3 saturated carbocycles. The van der Waals surface area contributed by atoms with Crippen LogP contribution < -0.4 is 0 Å². The second-order valence-corrected chi connectivity index (χ2v) is 16.2. The molecule has 0 N–H and O–H groups in total. The monoisotopic (exact) mass is 569 g/mol. The third-order valence-electron chi connectivity index (χ3n) is 13.0. The zero-order valence-corrected chi connectivity index (χ0v) is 28.3. The summed E-state index contributed by atoms with van der Waals surface area (Å²) in [6.45, 7) is 14.9. The SMILES string of the molecule is CCCCCCCCCCCC(=O)O[C@@H]1CC[C@@]2(C)C(=CC[C@@H]3[C@H]2CC[C@]2(C)[C@@H]([C@H](C)CCCC(C)C)CC[C@@H]32)C1. The number of allylic oxidation sites excluding steroid dienone is 1. The van der Waals surface area contributed by atoms with E-state index in [-0.39, 0.29) is 12.1 Å². The molecule has 4 aliphatic carbocycles. The van der Waals surface area contributed by atoms with Crippen molar-refractivity contribution in [2.75, 3.05) is 0 Å². The van der Waals surface area contributed by atoms with Gasteiger partial charge in [-0.2, -0.15) is 0 Å². The lowest BCUT2D eigenvalue weighted by atomic mass is 9.47. The first-order valence-electron chi connectivity index (χ1n) is 18.6. The lowest BCUT2D eigenvalue weighted by molar-refractivity contribution is -0.151. The number of esters is 1. The van der Waals surface area contributed by atoms with E-state index in [1.54, 1.807) is 5.57 Å². The van der Waals surface area contributed by atoms with E-state index in [0.29, 0.717) is 17.3 Å². The van der Waals surface area contributed by atoms with E-state index in [0.717, 1.165) is 54.8 Å². The minimum atomic E-state index is 0.0591. The zero-order chi connectivity index (χ0) is 29.5. The maximum Gasteiger partial charge on any atom is 0.306 e. The fourth-order valence-electron chi connectivity index (χ4n) is 10.6. The molecule has 4 rings (SSSR count). The van der Waals surface area contributed by atoms with Gasteiger partial charge in [0.2, 0.25) is 0 Å². The maximum atomic E-state index is 12.7. The van der Waals surface area contributed by atoms with Crippen LogP contribution in [0.1, 0.15) is 176 Å². The van der Waals surface area contributed by atoms with E-state index >= 15 is 0 Å². The summed E-state index contributed by atoms with van der Waals surface area (Å²) in [4.78, 5) is 12.7. The maximum absolute atomic E-state index is 12.7. The Morgan fingerprint density at radius 2 is 1.56 bits per heavy atom. The summed E-state index contributed by atoms with van der Waals surface area (Å²) in [6, 6.07) is 0. The lowest BCUT2D eigenvalue weighted by Gasteiger charge is -2.58. The molecular weight excluding hydrogens is 500 g/mol. The van der Waals surface area contributed by atoms with Crippen molar-refractivity contribution >= 4 is 5.97 Å². The van der Waals surface area contributed by atoms with Crippen molar-refractivity contribution in [2.24, 2.45) is 46.3 Å². The second-order valence-electron chi connectivity index (χ2n) is 16.2. The normalized spacial score (nSPS) is 35.4. The molecule has 41 heavy (non-hydrogen) atoms. The van der Waals surface area contributed by atoms with Crippen LogP contribution in [0, 0.1) is 46.3 Å². The molecule has 0 aromatic heterocycles. The molecule has 0 heterocycles. The van der Waals surface area contributed by atoms with Gasteiger partial charge in [-0.25, -0.2) is 0 Å². The Balaban J connectivity index is 1.24. The van der Waals surface area contributed by atoms with Gasteiger partial charge in [-0.1, -0.05) is 124 Å². The van der Waals surface area contributed by atoms with Crippen LogP contribution in [0.15, 0.2) is 11.6 Å². The van der Waals surface area contributed by atoms with E-state index in [2.05, 4.69) is 47.6 Å². The first-order valence-corrected chi connectivity index (χ1v) is 18.6. The number of carbonyl (C=O) groups is 1. The van der Waals surface area contributed by atoms with Gasteiger partial charge < -0.3 is 4.74 Å². The van der Waals surface area contributed by atoms with Gasteiger partial charge >= 0.3 is 5.97 Å². The Labute approximate surface area is 255 Å². The number of ether oxygens (including phenoxy) is 1. The van der Waals surface area contributed by atoms with Crippen molar-refractivity contribution in [3.63, 3.8) is 0 Å². The van der Waals surface area contributed by atoms with Gasteiger partial charge in [0.15, 0.2) is 0 Å². The van der Waals surface area contributed by atoms with Crippen LogP contribution in [-0.4, -0.2) is 12.1 Å². The summed E-state index contributed by atoms with van der Waals surface area (Å²) in [6.07, 6.45) is 29.6. The van der Waals surface area contributed by atoms with Gasteiger partial charge in [0.25, 0.3) is 0 Å². The van der Waals surface area contributed by atoms with Crippen LogP contribution in [0.4, 0.5) is 0 Å². The fraction of sp³-hybridized carbons (Fsp3) is 0.923. The lowest BCUT2D eigenvalue weighted by Crippen LogP contribution is -2.51. The molecule has 0 saturated heterocycles. The largest absolute Gasteiger partial charge is 0.462 e. The molecule has 0 unspecified atom stereocenters. The molecule has 0 amide bonds. The highest BCUT2D eigenvalue weighted by atomic mass is 16.5. The molecule has 0 spiro atoms. The van der Waals surface area contributed by atoms with Gasteiger partial charge in [-0.3, -0.25) is 4.79 Å². The minimum absolute atomic E-state index is 0.0591. The standard InChI is InChI=1S/C39H68O2/c1-7-8-9-10-11-12-13-14-15-19-37(40)41-32-24-26-38(5)31(28-32)20-21-33-35-23-22-34(30(4)18-16-17-29(2)3)39(35,6)27-25-36(33)38/h20,29-30,32-36H,7-19,21-28H2,1-6H3/t30-,32-,33+,34-,35+,36-,38+,39-/m1/s1. The van der Waals surface area contributed by atoms with Gasteiger partial charge in [-0.15, -0.1) is 0 Å². The minimum Gasteiger partial charge on any atom is -0.462 e.